The molecule has 0 aliphatic carbocycles. The van der Waals surface area contributed by atoms with E-state index >= 15 is 0 Å². The fourth-order valence-electron chi connectivity index (χ4n) is 3.16. The zero-order chi connectivity index (χ0) is 21.6. The third kappa shape index (κ3) is 5.00. The third-order valence-corrected chi connectivity index (χ3v) is 6.54. The summed E-state index contributed by atoms with van der Waals surface area (Å²) >= 11 is 2.88. The van der Waals surface area contributed by atoms with Gasteiger partial charge < -0.3 is 9.88 Å². The van der Waals surface area contributed by atoms with Gasteiger partial charge in [0.25, 0.3) is 0 Å². The van der Waals surface area contributed by atoms with Crippen LogP contribution in [-0.2, 0) is 11.3 Å². The Bertz CT molecular complexity index is 1130. The van der Waals surface area contributed by atoms with Crippen LogP contribution in [0.3, 0.4) is 0 Å². The Morgan fingerprint density at radius 3 is 2.61 bits per heavy atom. The van der Waals surface area contributed by atoms with E-state index in [2.05, 4.69) is 20.5 Å². The first kappa shape index (κ1) is 21.2. The summed E-state index contributed by atoms with van der Waals surface area (Å²) in [5.41, 5.74) is 1.76. The highest BCUT2D eigenvalue weighted by Gasteiger charge is 2.20. The van der Waals surface area contributed by atoms with Crippen LogP contribution in [0.2, 0.25) is 0 Å². The molecule has 0 bridgehead atoms. The van der Waals surface area contributed by atoms with Crippen molar-refractivity contribution in [3.05, 3.63) is 82.6 Å². The van der Waals surface area contributed by atoms with Gasteiger partial charge in [-0.3, -0.25) is 9.78 Å². The topological polar surface area (TPSA) is 72.7 Å². The molecule has 4 rings (SSSR count). The van der Waals surface area contributed by atoms with E-state index in [1.165, 1.54) is 23.9 Å². The van der Waals surface area contributed by atoms with Gasteiger partial charge in [-0.2, -0.15) is 0 Å². The summed E-state index contributed by atoms with van der Waals surface area (Å²) in [5, 5.41) is 14.3. The van der Waals surface area contributed by atoms with Gasteiger partial charge in [0.2, 0.25) is 5.91 Å². The predicted octanol–water partition coefficient (Wildman–Crippen LogP) is 4.56. The highest BCUT2D eigenvalue weighted by molar-refractivity contribution is 7.99. The van der Waals surface area contributed by atoms with Crippen molar-refractivity contribution in [2.45, 2.75) is 24.7 Å². The summed E-state index contributed by atoms with van der Waals surface area (Å²) in [6.45, 7) is 2.70. The first-order valence-corrected chi connectivity index (χ1v) is 11.6. The zero-order valence-corrected chi connectivity index (χ0v) is 18.4. The van der Waals surface area contributed by atoms with Gasteiger partial charge in [0, 0.05) is 29.4 Å². The molecule has 158 valence electrons. The van der Waals surface area contributed by atoms with E-state index in [0.717, 1.165) is 21.8 Å². The van der Waals surface area contributed by atoms with Crippen LogP contribution in [0, 0.1) is 5.82 Å². The zero-order valence-electron chi connectivity index (χ0n) is 16.7. The van der Waals surface area contributed by atoms with Crippen LogP contribution in [0.25, 0.3) is 11.4 Å². The van der Waals surface area contributed by atoms with Crippen LogP contribution in [0.1, 0.15) is 23.4 Å². The molecular formula is C22H20FN5OS2. The molecule has 0 fully saturated rings. The molecular weight excluding hydrogens is 433 g/mol. The molecule has 3 heterocycles. The number of benzene rings is 1. The van der Waals surface area contributed by atoms with E-state index in [0.29, 0.717) is 11.7 Å². The lowest BCUT2D eigenvalue weighted by atomic mass is 10.1. The Labute approximate surface area is 187 Å². The number of pyridine rings is 1. The number of thiophene rings is 1. The smallest absolute Gasteiger partial charge is 0.231 e. The van der Waals surface area contributed by atoms with Crippen molar-refractivity contribution in [3.63, 3.8) is 0 Å². The number of nitrogens with one attached hydrogen (secondary N) is 1. The number of hydrogen-bond donors (Lipinski definition) is 1. The maximum atomic E-state index is 13.4. The van der Waals surface area contributed by atoms with E-state index in [9.17, 15) is 9.18 Å². The van der Waals surface area contributed by atoms with E-state index in [1.54, 1.807) is 35.9 Å². The Hall–Kier alpha value is -3.04. The van der Waals surface area contributed by atoms with Crippen molar-refractivity contribution in [3.8, 4) is 11.4 Å². The molecule has 0 aliphatic rings. The molecule has 0 unspecified atom stereocenters. The third-order valence-electron chi connectivity index (χ3n) is 4.64. The fraction of sp³-hybridized carbons (Fsp3) is 0.182. The second-order valence-corrected chi connectivity index (χ2v) is 8.56. The summed E-state index contributed by atoms with van der Waals surface area (Å²) in [6.07, 6.45) is 3.43. The highest BCUT2D eigenvalue weighted by atomic mass is 32.2. The fourth-order valence-corrected chi connectivity index (χ4v) is 4.77. The number of aromatic nitrogens is 4. The highest BCUT2D eigenvalue weighted by Crippen LogP contribution is 2.27. The van der Waals surface area contributed by atoms with Crippen molar-refractivity contribution in [1.82, 2.24) is 25.1 Å². The Morgan fingerprint density at radius 1 is 1.16 bits per heavy atom. The Balaban J connectivity index is 1.47. The van der Waals surface area contributed by atoms with Gasteiger partial charge in [-0.1, -0.05) is 30.0 Å². The van der Waals surface area contributed by atoms with Gasteiger partial charge in [-0.05, 0) is 48.2 Å². The number of thioether (sulfide) groups is 1. The lowest BCUT2D eigenvalue weighted by molar-refractivity contribution is -0.119. The average Bonchev–Trinajstić information content (AvgIpc) is 3.47. The summed E-state index contributed by atoms with van der Waals surface area (Å²) < 4.78 is 15.3. The summed E-state index contributed by atoms with van der Waals surface area (Å²) in [7, 11) is 0. The molecule has 1 atom stereocenters. The number of hydrogen-bond acceptors (Lipinski definition) is 6. The van der Waals surface area contributed by atoms with Crippen LogP contribution in [0.4, 0.5) is 4.39 Å². The second kappa shape index (κ2) is 9.84. The monoisotopic (exact) mass is 453 g/mol. The molecule has 4 aromatic rings. The molecule has 9 heteroatoms. The number of amides is 1. The molecule has 31 heavy (non-hydrogen) atoms. The van der Waals surface area contributed by atoms with Crippen LogP contribution >= 0.6 is 23.1 Å². The van der Waals surface area contributed by atoms with Gasteiger partial charge >= 0.3 is 0 Å². The minimum atomic E-state index is -0.329. The molecule has 0 aliphatic heterocycles. The minimum Gasteiger partial charge on any atom is -0.344 e. The van der Waals surface area contributed by atoms with Crippen molar-refractivity contribution >= 4 is 29.0 Å². The largest absolute Gasteiger partial charge is 0.344 e. The van der Waals surface area contributed by atoms with Crippen LogP contribution < -0.4 is 5.32 Å². The van der Waals surface area contributed by atoms with Crippen molar-refractivity contribution in [2.75, 3.05) is 5.75 Å². The summed E-state index contributed by atoms with van der Waals surface area (Å²) in [6, 6.07) is 13.5. The van der Waals surface area contributed by atoms with E-state index in [1.807, 2.05) is 41.1 Å². The number of carbonyl (C=O) groups is 1. The Kier molecular flexibility index (Phi) is 6.73. The molecule has 1 amide bonds. The van der Waals surface area contributed by atoms with Gasteiger partial charge in [0.1, 0.15) is 5.82 Å². The van der Waals surface area contributed by atoms with E-state index in [-0.39, 0.29) is 23.5 Å². The number of halogens is 1. The number of rotatable bonds is 8. The van der Waals surface area contributed by atoms with Crippen LogP contribution in [-0.4, -0.2) is 31.4 Å². The van der Waals surface area contributed by atoms with Crippen molar-refractivity contribution in [1.29, 1.82) is 0 Å². The van der Waals surface area contributed by atoms with Crippen LogP contribution in [0.5, 0.6) is 0 Å². The molecule has 0 radical (unpaired) electrons. The van der Waals surface area contributed by atoms with E-state index < -0.39 is 0 Å². The van der Waals surface area contributed by atoms with Crippen molar-refractivity contribution < 1.29 is 9.18 Å². The molecule has 1 N–H and O–H groups in total. The summed E-state index contributed by atoms with van der Waals surface area (Å²) in [4.78, 5) is 17.8. The Morgan fingerprint density at radius 2 is 1.94 bits per heavy atom. The quantitative estimate of drug-likeness (QED) is 0.396. The SMILES string of the molecule is CCn1c(SCC(=O)N[C@H](c2ccc(F)cc2)c2cccs2)nnc1-c1ccncc1. The lowest BCUT2D eigenvalue weighted by Gasteiger charge is -2.18. The molecule has 0 spiro atoms. The molecule has 0 saturated carbocycles. The minimum absolute atomic E-state index is 0.135. The second-order valence-electron chi connectivity index (χ2n) is 6.64. The molecule has 1 aromatic carbocycles. The standard InChI is InChI=1S/C22H20FN5OS2/c1-2-28-21(16-9-11-24-12-10-16)26-27-22(28)31-14-19(29)25-20(18-4-3-13-30-18)15-5-7-17(23)8-6-15/h3-13,20H,2,14H2,1H3,(H,25,29)/t20-/m1/s1. The molecule has 0 saturated heterocycles. The van der Waals surface area contributed by atoms with Gasteiger partial charge in [-0.25, -0.2) is 4.39 Å². The normalized spacial score (nSPS) is 11.9. The number of nitrogens with zero attached hydrogens (tertiary/aromatic N) is 4. The van der Waals surface area contributed by atoms with Gasteiger partial charge in [0.15, 0.2) is 11.0 Å². The molecule has 6 nitrogen and oxygen atoms in total. The first-order chi connectivity index (χ1) is 15.2. The molecule has 3 aromatic heterocycles. The van der Waals surface area contributed by atoms with Crippen LogP contribution in [0.15, 0.2) is 71.5 Å². The lowest BCUT2D eigenvalue weighted by Crippen LogP contribution is -2.30. The van der Waals surface area contributed by atoms with Crippen molar-refractivity contribution in [2.24, 2.45) is 0 Å². The summed E-state index contributed by atoms with van der Waals surface area (Å²) in [5.74, 6) is 0.497. The maximum Gasteiger partial charge on any atom is 0.231 e. The first-order valence-electron chi connectivity index (χ1n) is 9.70. The maximum absolute atomic E-state index is 13.4. The van der Waals surface area contributed by atoms with Gasteiger partial charge in [0.05, 0.1) is 11.8 Å². The number of carbonyl (C=O) groups excluding carboxylic acids is 1. The van der Waals surface area contributed by atoms with Gasteiger partial charge in [-0.15, -0.1) is 21.5 Å². The van der Waals surface area contributed by atoms with E-state index in [4.69, 9.17) is 0 Å². The average molecular weight is 454 g/mol. The predicted molar refractivity (Wildman–Crippen MR) is 120 cm³/mol.